The number of aryl methyl sites for hydroxylation is 1. The predicted octanol–water partition coefficient (Wildman–Crippen LogP) is 5.16. The molecule has 0 saturated carbocycles. The summed E-state index contributed by atoms with van der Waals surface area (Å²) < 4.78 is 45.7. The van der Waals surface area contributed by atoms with Crippen LogP contribution in [0.1, 0.15) is 23.6 Å². The van der Waals surface area contributed by atoms with Crippen molar-refractivity contribution < 1.29 is 18.0 Å². The van der Waals surface area contributed by atoms with Gasteiger partial charge in [0.2, 0.25) is 5.91 Å². The number of benzene rings is 2. The van der Waals surface area contributed by atoms with E-state index >= 15 is 0 Å². The van der Waals surface area contributed by atoms with Crippen molar-refractivity contribution in [1.29, 1.82) is 0 Å². The van der Waals surface area contributed by atoms with Crippen molar-refractivity contribution >= 4 is 17.7 Å². The second-order valence-electron chi connectivity index (χ2n) is 10.4. The molecule has 10 heteroatoms. The Labute approximate surface area is 234 Å². The Bertz CT molecular complexity index is 1740. The van der Waals surface area contributed by atoms with E-state index in [1.54, 1.807) is 29.2 Å². The second kappa shape index (κ2) is 10.1. The molecule has 0 bridgehead atoms. The third-order valence-electron chi connectivity index (χ3n) is 7.80. The van der Waals surface area contributed by atoms with Gasteiger partial charge in [0.15, 0.2) is 0 Å². The number of carbonyl (C=O) groups excluding carboxylic acids is 1. The molecule has 210 valence electrons. The van der Waals surface area contributed by atoms with E-state index in [-0.39, 0.29) is 30.4 Å². The average Bonchev–Trinajstić information content (AvgIpc) is 3.56. The molecule has 3 heterocycles. The van der Waals surface area contributed by atoms with Crippen molar-refractivity contribution in [3.63, 3.8) is 0 Å². The third kappa shape index (κ3) is 4.94. The number of aromatic nitrogens is 3. The molecule has 41 heavy (non-hydrogen) atoms. The van der Waals surface area contributed by atoms with E-state index in [1.807, 2.05) is 18.2 Å². The first-order valence-corrected chi connectivity index (χ1v) is 13.4. The lowest BCUT2D eigenvalue weighted by Crippen LogP contribution is -2.48. The maximum Gasteiger partial charge on any atom is 0.418 e. The minimum Gasteiger partial charge on any atom is -0.367 e. The number of alkyl halides is 3. The normalized spacial score (nSPS) is 15.0. The van der Waals surface area contributed by atoms with Crippen LogP contribution in [0.15, 0.2) is 71.8 Å². The number of amides is 1. The summed E-state index contributed by atoms with van der Waals surface area (Å²) in [6.45, 7) is 2.72. The van der Waals surface area contributed by atoms with Crippen molar-refractivity contribution in [2.75, 3.05) is 31.1 Å². The largest absolute Gasteiger partial charge is 0.418 e. The van der Waals surface area contributed by atoms with Crippen LogP contribution in [-0.4, -0.2) is 51.1 Å². The lowest BCUT2D eigenvalue weighted by atomic mass is 10.0. The highest BCUT2D eigenvalue weighted by Gasteiger charge is 2.36. The van der Waals surface area contributed by atoms with Gasteiger partial charge in [-0.25, -0.2) is 4.79 Å². The van der Waals surface area contributed by atoms with Gasteiger partial charge in [-0.3, -0.25) is 14.3 Å². The van der Waals surface area contributed by atoms with Gasteiger partial charge in [-0.15, -0.1) is 0 Å². The molecule has 0 radical (unpaired) electrons. The molecule has 0 N–H and O–H groups in total. The molecule has 0 atom stereocenters. The lowest BCUT2D eigenvalue weighted by Gasteiger charge is -2.36. The Hall–Kier alpha value is -4.60. The zero-order chi connectivity index (χ0) is 28.9. The van der Waals surface area contributed by atoms with Crippen LogP contribution < -0.4 is 10.6 Å². The highest BCUT2D eigenvalue weighted by molar-refractivity contribution is 5.75. The third-order valence-corrected chi connectivity index (χ3v) is 7.80. The number of anilines is 1. The molecule has 4 aromatic rings. The van der Waals surface area contributed by atoms with Gasteiger partial charge in [0, 0.05) is 58.2 Å². The summed E-state index contributed by atoms with van der Waals surface area (Å²) in [7, 11) is 1.56. The summed E-state index contributed by atoms with van der Waals surface area (Å²) in [6.07, 6.45) is 3.67. The highest BCUT2D eigenvalue weighted by Crippen LogP contribution is 2.39. The van der Waals surface area contributed by atoms with Crippen LogP contribution in [0.2, 0.25) is 0 Å². The van der Waals surface area contributed by atoms with Crippen LogP contribution in [0, 0.1) is 0 Å². The molecule has 2 aliphatic rings. The minimum absolute atomic E-state index is 0.0285. The van der Waals surface area contributed by atoms with E-state index in [9.17, 15) is 22.8 Å². The molecular weight excluding hydrogens is 531 g/mol. The second-order valence-corrected chi connectivity index (χ2v) is 10.4. The highest BCUT2D eigenvalue weighted by atomic mass is 19.4. The van der Waals surface area contributed by atoms with Gasteiger partial charge >= 0.3 is 11.9 Å². The van der Waals surface area contributed by atoms with Crippen LogP contribution in [0.4, 0.5) is 18.9 Å². The first-order valence-electron chi connectivity index (χ1n) is 13.4. The molecule has 1 amide bonds. The summed E-state index contributed by atoms with van der Waals surface area (Å²) >= 11 is 0. The fraction of sp³-hybridized carbons (Fsp3) is 0.258. The Morgan fingerprint density at radius 2 is 1.71 bits per heavy atom. The number of carbonyl (C=O) groups is 1. The number of hydrogen-bond acceptors (Lipinski definition) is 4. The lowest BCUT2D eigenvalue weighted by molar-refractivity contribution is -0.137. The summed E-state index contributed by atoms with van der Waals surface area (Å²) in [5.41, 5.74) is 3.94. The van der Waals surface area contributed by atoms with Gasteiger partial charge < -0.3 is 14.4 Å². The van der Waals surface area contributed by atoms with Gasteiger partial charge in [0.25, 0.3) is 0 Å². The maximum absolute atomic E-state index is 14.4. The quantitative estimate of drug-likeness (QED) is 0.347. The summed E-state index contributed by atoms with van der Waals surface area (Å²) in [6, 6.07) is 13.9. The Balaban J connectivity index is 1.40. The van der Waals surface area contributed by atoms with Crippen molar-refractivity contribution in [2.45, 2.75) is 19.5 Å². The standard InChI is InChI=1S/C31H28F3N5O2/c1-20(40)37-12-14-38(15-13-37)28-9-8-25(18-26(28)31(32,33)34)39-29(19-36(2)30(39)41)27-17-24(10-11-35-27)23-7-6-21-4-3-5-22(21)16-23/h3,5-11,16-19H,4,12-15H2,1-2H3. The summed E-state index contributed by atoms with van der Waals surface area (Å²) in [5, 5.41) is 0. The zero-order valence-electron chi connectivity index (χ0n) is 22.7. The first kappa shape index (κ1) is 26.6. The van der Waals surface area contributed by atoms with Crippen molar-refractivity contribution in [3.8, 4) is 28.2 Å². The topological polar surface area (TPSA) is 63.4 Å². The van der Waals surface area contributed by atoms with Gasteiger partial charge in [-0.2, -0.15) is 13.2 Å². The summed E-state index contributed by atoms with van der Waals surface area (Å²) in [4.78, 5) is 32.7. The molecular formula is C31H28F3N5O2. The van der Waals surface area contributed by atoms with E-state index < -0.39 is 17.4 Å². The van der Waals surface area contributed by atoms with Gasteiger partial charge in [-0.1, -0.05) is 24.3 Å². The smallest absolute Gasteiger partial charge is 0.367 e. The number of piperazine rings is 1. The number of hydrogen-bond donors (Lipinski definition) is 0. The fourth-order valence-electron chi connectivity index (χ4n) is 5.59. The molecule has 2 aromatic carbocycles. The monoisotopic (exact) mass is 559 g/mol. The predicted molar refractivity (Wildman–Crippen MR) is 152 cm³/mol. The van der Waals surface area contributed by atoms with Gasteiger partial charge in [0.05, 0.1) is 22.6 Å². The van der Waals surface area contributed by atoms with Crippen LogP contribution in [0.3, 0.4) is 0 Å². The minimum atomic E-state index is -4.65. The Morgan fingerprint density at radius 3 is 2.44 bits per heavy atom. The van der Waals surface area contributed by atoms with Crippen molar-refractivity contribution in [2.24, 2.45) is 7.05 Å². The number of pyridine rings is 1. The Morgan fingerprint density at radius 1 is 0.951 bits per heavy atom. The first-order chi connectivity index (χ1) is 19.6. The molecule has 6 rings (SSSR count). The molecule has 1 aliphatic heterocycles. The van der Waals surface area contributed by atoms with Crippen LogP contribution >= 0.6 is 0 Å². The zero-order valence-corrected chi connectivity index (χ0v) is 22.7. The van der Waals surface area contributed by atoms with Crippen LogP contribution in [-0.2, 0) is 24.4 Å². The van der Waals surface area contributed by atoms with E-state index in [2.05, 4.69) is 29.3 Å². The molecule has 2 aromatic heterocycles. The van der Waals surface area contributed by atoms with E-state index in [0.29, 0.717) is 24.5 Å². The van der Waals surface area contributed by atoms with E-state index in [0.717, 1.165) is 29.2 Å². The number of allylic oxidation sites excluding steroid dienone is 1. The molecule has 0 spiro atoms. The Kier molecular flexibility index (Phi) is 6.56. The number of rotatable bonds is 4. The van der Waals surface area contributed by atoms with Crippen molar-refractivity contribution in [3.05, 3.63) is 94.2 Å². The number of fused-ring (bicyclic) bond motifs is 1. The van der Waals surface area contributed by atoms with E-state index in [4.69, 9.17) is 0 Å². The van der Waals surface area contributed by atoms with Crippen molar-refractivity contribution in [1.82, 2.24) is 19.0 Å². The molecule has 1 fully saturated rings. The van der Waals surface area contributed by atoms with Crippen LogP contribution in [0.25, 0.3) is 34.3 Å². The SMILES string of the molecule is CC(=O)N1CCN(c2ccc(-n3c(-c4cc(-c5ccc6c(c5)C=CC6)ccn4)cn(C)c3=O)cc2C(F)(F)F)CC1. The average molecular weight is 560 g/mol. The van der Waals surface area contributed by atoms with Gasteiger partial charge in [-0.05, 0) is 65.1 Å². The van der Waals surface area contributed by atoms with Crippen LogP contribution in [0.5, 0.6) is 0 Å². The number of halogens is 3. The molecule has 0 unspecified atom stereocenters. The molecule has 1 saturated heterocycles. The number of nitrogens with zero attached hydrogens (tertiary/aromatic N) is 5. The molecule has 7 nitrogen and oxygen atoms in total. The number of imidazole rings is 1. The maximum atomic E-state index is 14.4. The van der Waals surface area contributed by atoms with E-state index in [1.165, 1.54) is 33.8 Å². The van der Waals surface area contributed by atoms with Gasteiger partial charge in [0.1, 0.15) is 0 Å². The molecule has 1 aliphatic carbocycles. The summed E-state index contributed by atoms with van der Waals surface area (Å²) in [5.74, 6) is -0.0993. The fourth-order valence-corrected chi connectivity index (χ4v) is 5.59.